The summed E-state index contributed by atoms with van der Waals surface area (Å²) in [4.78, 5) is 23.8. The van der Waals surface area contributed by atoms with Crippen LogP contribution < -0.4 is 15.4 Å². The molecule has 33 heavy (non-hydrogen) atoms. The highest BCUT2D eigenvalue weighted by Gasteiger charge is 2.39. The summed E-state index contributed by atoms with van der Waals surface area (Å²) < 4.78 is 27.8. The maximum absolute atomic E-state index is 13.3. The number of anilines is 2. The fourth-order valence-electron chi connectivity index (χ4n) is 4.26. The smallest absolute Gasteiger partial charge is 0.281 e. The summed E-state index contributed by atoms with van der Waals surface area (Å²) in [6.07, 6.45) is 9.70. The number of hydrogen-bond donors (Lipinski definition) is 2. The van der Waals surface area contributed by atoms with Gasteiger partial charge in [-0.05, 0) is 56.4 Å². The summed E-state index contributed by atoms with van der Waals surface area (Å²) in [5, 5.41) is -0.309. The molecule has 1 amide bonds. The van der Waals surface area contributed by atoms with Gasteiger partial charge >= 0.3 is 0 Å². The van der Waals surface area contributed by atoms with Gasteiger partial charge in [0.15, 0.2) is 5.03 Å². The van der Waals surface area contributed by atoms with Gasteiger partial charge in [0.1, 0.15) is 11.6 Å². The highest BCUT2D eigenvalue weighted by atomic mass is 32.2. The second-order valence-electron chi connectivity index (χ2n) is 9.25. The number of aromatic nitrogens is 2. The standard InChI is InChI=1S/C24H33N5O3S/c1-5-6-7-8-10-18-13-19(22(26-15-18)29-16-17(2)14-24(29,3)4)23(30)28-33(31,32)21-12-9-11-20(25)27-21/h8-13,15,17H,5-7,14,16H2,1-4H3,(H2,25,27)(H,28,30). The predicted molar refractivity (Wildman–Crippen MR) is 131 cm³/mol. The van der Waals surface area contributed by atoms with Crippen LogP contribution >= 0.6 is 0 Å². The van der Waals surface area contributed by atoms with Crippen LogP contribution in [0.25, 0.3) is 6.08 Å². The van der Waals surface area contributed by atoms with Crippen molar-refractivity contribution in [2.24, 2.45) is 5.92 Å². The van der Waals surface area contributed by atoms with E-state index in [1.807, 2.05) is 12.2 Å². The molecule has 3 rings (SSSR count). The molecular formula is C24H33N5O3S. The van der Waals surface area contributed by atoms with E-state index in [0.29, 0.717) is 11.7 Å². The van der Waals surface area contributed by atoms with Gasteiger partial charge in [0.25, 0.3) is 15.9 Å². The molecule has 1 atom stereocenters. The third-order valence-electron chi connectivity index (χ3n) is 5.74. The van der Waals surface area contributed by atoms with Crippen molar-refractivity contribution in [1.82, 2.24) is 14.7 Å². The lowest BCUT2D eigenvalue weighted by Crippen LogP contribution is -2.41. The van der Waals surface area contributed by atoms with Gasteiger partial charge in [0, 0.05) is 18.3 Å². The number of nitrogens with zero attached hydrogens (tertiary/aromatic N) is 3. The van der Waals surface area contributed by atoms with Crippen molar-refractivity contribution in [3.05, 3.63) is 47.7 Å². The molecule has 3 heterocycles. The Bertz CT molecular complexity index is 1140. The first-order valence-electron chi connectivity index (χ1n) is 11.3. The normalized spacial score (nSPS) is 18.1. The van der Waals surface area contributed by atoms with Crippen molar-refractivity contribution >= 4 is 33.6 Å². The lowest BCUT2D eigenvalue weighted by molar-refractivity contribution is 0.0981. The summed E-state index contributed by atoms with van der Waals surface area (Å²) in [5.41, 5.74) is 6.36. The van der Waals surface area contributed by atoms with E-state index in [2.05, 4.69) is 47.3 Å². The van der Waals surface area contributed by atoms with Crippen molar-refractivity contribution in [1.29, 1.82) is 0 Å². The minimum absolute atomic E-state index is 0.0553. The Morgan fingerprint density at radius 1 is 1.36 bits per heavy atom. The fraction of sp³-hybridized carbons (Fsp3) is 0.458. The first kappa shape index (κ1) is 24.7. The van der Waals surface area contributed by atoms with Crippen molar-refractivity contribution in [2.45, 2.75) is 63.9 Å². The molecule has 8 nitrogen and oxygen atoms in total. The van der Waals surface area contributed by atoms with Gasteiger partial charge < -0.3 is 10.6 Å². The predicted octanol–water partition coefficient (Wildman–Crippen LogP) is 4.01. The van der Waals surface area contributed by atoms with E-state index < -0.39 is 15.9 Å². The average molecular weight is 472 g/mol. The summed E-state index contributed by atoms with van der Waals surface area (Å²) >= 11 is 0. The molecular weight excluding hydrogens is 438 g/mol. The SMILES string of the molecule is CCCCC=Cc1cnc(N2CC(C)CC2(C)C)c(C(=O)NS(=O)(=O)c2cccc(N)n2)c1. The number of unbranched alkanes of at least 4 members (excludes halogenated alkanes) is 2. The zero-order valence-electron chi connectivity index (χ0n) is 19.7. The second kappa shape index (κ2) is 9.91. The number of carbonyl (C=O) groups is 1. The molecule has 9 heteroatoms. The van der Waals surface area contributed by atoms with Gasteiger partial charge in [0.05, 0.1) is 5.56 Å². The number of nitrogens with two attached hydrogens (primary N) is 1. The molecule has 1 saturated heterocycles. The molecule has 1 aliphatic rings. The van der Waals surface area contributed by atoms with Crippen LogP contribution in [0.3, 0.4) is 0 Å². The molecule has 3 N–H and O–H groups in total. The highest BCUT2D eigenvalue weighted by molar-refractivity contribution is 7.90. The summed E-state index contributed by atoms with van der Waals surface area (Å²) in [7, 11) is -4.20. The van der Waals surface area contributed by atoms with E-state index in [-0.39, 0.29) is 21.9 Å². The second-order valence-corrected chi connectivity index (χ2v) is 10.9. The Balaban J connectivity index is 1.99. The van der Waals surface area contributed by atoms with E-state index in [4.69, 9.17) is 5.73 Å². The number of pyridine rings is 2. The lowest BCUT2D eigenvalue weighted by atomic mass is 9.97. The molecule has 1 unspecified atom stereocenters. The number of nitrogen functional groups attached to an aromatic ring is 1. The number of nitrogens with one attached hydrogen (secondary N) is 1. The van der Waals surface area contributed by atoms with E-state index in [1.165, 1.54) is 18.2 Å². The Morgan fingerprint density at radius 2 is 2.12 bits per heavy atom. The van der Waals surface area contributed by atoms with E-state index in [9.17, 15) is 13.2 Å². The first-order chi connectivity index (χ1) is 15.5. The number of carbonyl (C=O) groups excluding carboxylic acids is 1. The Hall–Kier alpha value is -2.94. The van der Waals surface area contributed by atoms with Gasteiger partial charge in [0.2, 0.25) is 0 Å². The van der Waals surface area contributed by atoms with Crippen LogP contribution in [0, 0.1) is 5.92 Å². The van der Waals surface area contributed by atoms with Crippen LogP contribution in [0.1, 0.15) is 69.3 Å². The average Bonchev–Trinajstić information content (AvgIpc) is 3.02. The van der Waals surface area contributed by atoms with E-state index in [0.717, 1.165) is 37.8 Å². The lowest BCUT2D eigenvalue weighted by Gasteiger charge is -2.33. The number of rotatable bonds is 8. The van der Waals surface area contributed by atoms with Crippen LogP contribution in [-0.2, 0) is 10.0 Å². The van der Waals surface area contributed by atoms with Crippen molar-refractivity contribution in [2.75, 3.05) is 17.2 Å². The van der Waals surface area contributed by atoms with Gasteiger partial charge in [-0.3, -0.25) is 4.79 Å². The zero-order chi connectivity index (χ0) is 24.2. The van der Waals surface area contributed by atoms with Crippen molar-refractivity contribution in [3.63, 3.8) is 0 Å². The van der Waals surface area contributed by atoms with Gasteiger partial charge in [-0.2, -0.15) is 8.42 Å². The maximum Gasteiger partial charge on any atom is 0.281 e. The van der Waals surface area contributed by atoms with Crippen molar-refractivity contribution in [3.8, 4) is 0 Å². The Kier molecular flexibility index (Phi) is 7.41. The van der Waals surface area contributed by atoms with Gasteiger partial charge in [-0.25, -0.2) is 14.7 Å². The molecule has 178 valence electrons. The van der Waals surface area contributed by atoms with Crippen LogP contribution in [0.2, 0.25) is 0 Å². The van der Waals surface area contributed by atoms with E-state index in [1.54, 1.807) is 12.3 Å². The highest BCUT2D eigenvalue weighted by Crippen LogP contribution is 2.37. The minimum atomic E-state index is -4.20. The summed E-state index contributed by atoms with van der Waals surface area (Å²) in [6, 6.07) is 5.95. The molecule has 0 radical (unpaired) electrons. The number of sulfonamides is 1. The van der Waals surface area contributed by atoms with Crippen LogP contribution in [-0.4, -0.2) is 36.4 Å². The molecule has 0 aromatic carbocycles. The number of amides is 1. The largest absolute Gasteiger partial charge is 0.384 e. The quantitative estimate of drug-likeness (QED) is 0.559. The molecule has 0 spiro atoms. The molecule has 1 fully saturated rings. The summed E-state index contributed by atoms with van der Waals surface area (Å²) in [6.45, 7) is 9.22. The molecule has 0 bridgehead atoms. The topological polar surface area (TPSA) is 118 Å². The fourth-order valence-corrected chi connectivity index (χ4v) is 5.20. The van der Waals surface area contributed by atoms with Crippen molar-refractivity contribution < 1.29 is 13.2 Å². The molecule has 2 aromatic rings. The first-order valence-corrected chi connectivity index (χ1v) is 12.8. The van der Waals surface area contributed by atoms with Crippen LogP contribution in [0.5, 0.6) is 0 Å². The third kappa shape index (κ3) is 5.90. The number of allylic oxidation sites excluding steroid dienone is 1. The maximum atomic E-state index is 13.3. The number of hydrogen-bond acceptors (Lipinski definition) is 7. The Morgan fingerprint density at radius 3 is 2.76 bits per heavy atom. The molecule has 0 saturated carbocycles. The minimum Gasteiger partial charge on any atom is -0.384 e. The van der Waals surface area contributed by atoms with Gasteiger partial charge in [-0.1, -0.05) is 44.9 Å². The summed E-state index contributed by atoms with van der Waals surface area (Å²) in [5.74, 6) is 0.204. The zero-order valence-corrected chi connectivity index (χ0v) is 20.5. The monoisotopic (exact) mass is 471 g/mol. The molecule has 2 aromatic heterocycles. The Labute approximate surface area is 196 Å². The molecule has 1 aliphatic heterocycles. The van der Waals surface area contributed by atoms with E-state index >= 15 is 0 Å². The van der Waals surface area contributed by atoms with Crippen LogP contribution in [0.15, 0.2) is 41.6 Å². The van der Waals surface area contributed by atoms with Crippen LogP contribution in [0.4, 0.5) is 11.6 Å². The van der Waals surface area contributed by atoms with Gasteiger partial charge in [-0.15, -0.1) is 0 Å². The molecule has 0 aliphatic carbocycles. The third-order valence-corrected chi connectivity index (χ3v) is 6.98.